The highest BCUT2D eigenvalue weighted by molar-refractivity contribution is 8.00. The number of nitrogens with one attached hydrogen (secondary N) is 1. The van der Waals surface area contributed by atoms with Crippen LogP contribution >= 0.6 is 46.3 Å². The summed E-state index contributed by atoms with van der Waals surface area (Å²) in [7, 11) is 0. The van der Waals surface area contributed by atoms with Crippen LogP contribution in [0.4, 0.5) is 5.69 Å². The molecule has 3 heterocycles. The second-order valence-electron chi connectivity index (χ2n) is 8.69. The molecule has 10 heteroatoms. The molecule has 0 aliphatic carbocycles. The summed E-state index contributed by atoms with van der Waals surface area (Å²) in [6.07, 6.45) is 0. The van der Waals surface area contributed by atoms with Gasteiger partial charge in [-0.05, 0) is 48.0 Å². The zero-order valence-electron chi connectivity index (χ0n) is 19.0. The third-order valence-corrected chi connectivity index (χ3v) is 9.34. The number of halogens is 2. The number of anilines is 1. The first kappa shape index (κ1) is 24.3. The first-order valence-corrected chi connectivity index (χ1v) is 13.8. The number of thiazole rings is 1. The quantitative estimate of drug-likeness (QED) is 0.293. The van der Waals surface area contributed by atoms with Crippen LogP contribution in [0.5, 0.6) is 5.75 Å². The second kappa shape index (κ2) is 9.68. The zero-order chi connectivity index (χ0) is 25.7. The Bertz CT molecular complexity index is 1570. The van der Waals surface area contributed by atoms with E-state index in [1.54, 1.807) is 54.6 Å². The monoisotopic (exact) mass is 568 g/mol. The Balaban J connectivity index is 1.44. The van der Waals surface area contributed by atoms with Gasteiger partial charge in [0.25, 0.3) is 0 Å². The first-order chi connectivity index (χ1) is 17.9. The van der Waals surface area contributed by atoms with E-state index in [4.69, 9.17) is 27.9 Å². The molecule has 1 N–H and O–H groups in total. The SMILES string of the molecule is O=C1C2Sc3[nH]c(=O)sc3C(c3cc(Cl)ccc3OCc3ccc(Cl)cc3)C2C(=O)N1c1ccccc1. The molecular formula is C27H18Cl2N2O4S2. The predicted octanol–water partition coefficient (Wildman–Crippen LogP) is 6.12. The van der Waals surface area contributed by atoms with Crippen molar-refractivity contribution >= 4 is 63.8 Å². The number of hydrogen-bond acceptors (Lipinski definition) is 6. The van der Waals surface area contributed by atoms with Crippen molar-refractivity contribution in [3.05, 3.63) is 109 Å². The van der Waals surface area contributed by atoms with Gasteiger partial charge in [-0.25, -0.2) is 4.90 Å². The summed E-state index contributed by atoms with van der Waals surface area (Å²) in [5, 5.41) is 0.994. The molecule has 1 fully saturated rings. The van der Waals surface area contributed by atoms with Crippen molar-refractivity contribution in [1.29, 1.82) is 0 Å². The highest BCUT2D eigenvalue weighted by Crippen LogP contribution is 2.54. The maximum absolute atomic E-state index is 13.9. The van der Waals surface area contributed by atoms with Crippen LogP contribution in [0.15, 0.2) is 82.6 Å². The van der Waals surface area contributed by atoms with Crippen molar-refractivity contribution in [2.75, 3.05) is 4.90 Å². The van der Waals surface area contributed by atoms with Crippen molar-refractivity contribution in [2.45, 2.75) is 22.8 Å². The van der Waals surface area contributed by atoms with Gasteiger partial charge in [0.05, 0.1) is 16.6 Å². The molecule has 0 radical (unpaired) electrons. The summed E-state index contributed by atoms with van der Waals surface area (Å²) in [6, 6.07) is 21.4. The molecule has 2 aliphatic rings. The molecule has 37 heavy (non-hydrogen) atoms. The fourth-order valence-corrected chi connectivity index (χ4v) is 7.63. The summed E-state index contributed by atoms with van der Waals surface area (Å²) in [5.41, 5.74) is 2.09. The van der Waals surface area contributed by atoms with E-state index in [2.05, 4.69) is 4.98 Å². The number of nitrogens with zero attached hydrogens (tertiary/aromatic N) is 1. The lowest BCUT2D eigenvalue weighted by Crippen LogP contribution is -2.32. The number of hydrogen-bond donors (Lipinski definition) is 1. The van der Waals surface area contributed by atoms with Gasteiger partial charge in [-0.15, -0.1) is 0 Å². The van der Waals surface area contributed by atoms with Gasteiger partial charge < -0.3 is 9.72 Å². The number of benzene rings is 3. The van der Waals surface area contributed by atoms with Gasteiger partial charge >= 0.3 is 4.87 Å². The minimum absolute atomic E-state index is 0.243. The number of aromatic nitrogens is 1. The highest BCUT2D eigenvalue weighted by atomic mass is 35.5. The molecule has 0 saturated carbocycles. The van der Waals surface area contributed by atoms with Crippen LogP contribution in [0.2, 0.25) is 10.0 Å². The van der Waals surface area contributed by atoms with Gasteiger partial charge in [-0.3, -0.25) is 14.4 Å². The lowest BCUT2D eigenvalue weighted by Gasteiger charge is -2.31. The van der Waals surface area contributed by atoms with Crippen LogP contribution in [-0.4, -0.2) is 22.0 Å². The Hall–Kier alpha value is -3.04. The smallest absolute Gasteiger partial charge is 0.305 e. The fraction of sp³-hybridized carbons (Fsp3) is 0.148. The maximum Gasteiger partial charge on any atom is 0.305 e. The van der Waals surface area contributed by atoms with Crippen molar-refractivity contribution in [2.24, 2.45) is 5.92 Å². The lowest BCUT2D eigenvalue weighted by molar-refractivity contribution is -0.122. The average Bonchev–Trinajstić information content (AvgIpc) is 3.39. The Morgan fingerprint density at radius 1 is 0.892 bits per heavy atom. The maximum atomic E-state index is 13.9. The topological polar surface area (TPSA) is 79.5 Å². The molecular weight excluding hydrogens is 551 g/mol. The second-order valence-corrected chi connectivity index (χ2v) is 11.7. The number of fused-ring (bicyclic) bond motifs is 2. The molecule has 186 valence electrons. The Labute approximate surface area is 230 Å². The predicted molar refractivity (Wildman–Crippen MR) is 146 cm³/mol. The van der Waals surface area contributed by atoms with E-state index in [0.717, 1.165) is 16.9 Å². The van der Waals surface area contributed by atoms with Gasteiger partial charge in [0.2, 0.25) is 11.8 Å². The van der Waals surface area contributed by atoms with E-state index in [-0.39, 0.29) is 23.3 Å². The van der Waals surface area contributed by atoms with E-state index in [1.165, 1.54) is 16.7 Å². The average molecular weight is 569 g/mol. The Morgan fingerprint density at radius 3 is 2.38 bits per heavy atom. The number of aromatic amines is 1. The normalized spacial score (nSPS) is 20.6. The van der Waals surface area contributed by atoms with Crippen molar-refractivity contribution in [1.82, 2.24) is 4.98 Å². The molecule has 2 amide bonds. The number of amides is 2. The minimum Gasteiger partial charge on any atom is -0.489 e. The van der Waals surface area contributed by atoms with Crippen molar-refractivity contribution in [3.8, 4) is 5.75 Å². The minimum atomic E-state index is -0.729. The number of imide groups is 1. The standard InChI is InChI=1S/C27H18Cl2N2O4S2/c28-15-8-6-14(7-9-15)13-35-19-11-10-16(29)12-18(19)20-21-23(36-24-22(20)37-27(34)30-24)26(33)31(25(21)32)17-4-2-1-3-5-17/h1-12,20-21,23H,13H2,(H,30,34). The van der Waals surface area contributed by atoms with Crippen LogP contribution in [0, 0.1) is 5.92 Å². The zero-order valence-corrected chi connectivity index (χ0v) is 22.2. The number of carbonyl (C=O) groups excluding carboxylic acids is 2. The van der Waals surface area contributed by atoms with Gasteiger partial charge in [0, 0.05) is 26.4 Å². The van der Waals surface area contributed by atoms with Crippen molar-refractivity contribution < 1.29 is 14.3 Å². The highest BCUT2D eigenvalue weighted by Gasteiger charge is 2.56. The van der Waals surface area contributed by atoms with Crippen LogP contribution < -0.4 is 14.5 Å². The molecule has 3 aromatic carbocycles. The molecule has 6 nitrogen and oxygen atoms in total. The van der Waals surface area contributed by atoms with E-state index in [1.807, 2.05) is 18.2 Å². The Kier molecular flexibility index (Phi) is 6.36. The summed E-state index contributed by atoms with van der Waals surface area (Å²) in [6.45, 7) is 0.264. The van der Waals surface area contributed by atoms with Gasteiger partial charge in [-0.2, -0.15) is 0 Å². The molecule has 3 atom stereocenters. The molecule has 2 aliphatic heterocycles. The third kappa shape index (κ3) is 4.38. The van der Waals surface area contributed by atoms with Crippen LogP contribution in [0.3, 0.4) is 0 Å². The summed E-state index contributed by atoms with van der Waals surface area (Å²) >= 11 is 14.7. The first-order valence-electron chi connectivity index (χ1n) is 11.4. The molecule has 6 rings (SSSR count). The number of H-pyrrole nitrogens is 1. The molecule has 1 aromatic heterocycles. The molecule has 0 bridgehead atoms. The van der Waals surface area contributed by atoms with E-state index in [9.17, 15) is 14.4 Å². The molecule has 3 unspecified atom stereocenters. The number of rotatable bonds is 5. The van der Waals surface area contributed by atoms with Gasteiger partial charge in [-0.1, -0.05) is 76.6 Å². The van der Waals surface area contributed by atoms with E-state index in [0.29, 0.717) is 36.9 Å². The van der Waals surface area contributed by atoms with Crippen molar-refractivity contribution in [3.63, 3.8) is 0 Å². The summed E-state index contributed by atoms with van der Waals surface area (Å²) in [4.78, 5) is 44.4. The number of thioether (sulfide) groups is 1. The summed E-state index contributed by atoms with van der Waals surface area (Å²) < 4.78 is 6.21. The Morgan fingerprint density at radius 2 is 1.62 bits per heavy atom. The van der Waals surface area contributed by atoms with Gasteiger partial charge in [0.1, 0.15) is 17.6 Å². The largest absolute Gasteiger partial charge is 0.489 e. The van der Waals surface area contributed by atoms with Crippen LogP contribution in [-0.2, 0) is 16.2 Å². The summed E-state index contributed by atoms with van der Waals surface area (Å²) in [5.74, 6) is -1.41. The van der Waals surface area contributed by atoms with Crippen LogP contribution in [0.25, 0.3) is 0 Å². The van der Waals surface area contributed by atoms with Crippen LogP contribution in [0.1, 0.15) is 21.9 Å². The molecule has 4 aromatic rings. The third-order valence-electron chi connectivity index (χ3n) is 6.45. The number of carbonyl (C=O) groups is 2. The van der Waals surface area contributed by atoms with E-state index >= 15 is 0 Å². The number of ether oxygens (including phenoxy) is 1. The van der Waals surface area contributed by atoms with E-state index < -0.39 is 17.1 Å². The van der Waals surface area contributed by atoms with Gasteiger partial charge in [0.15, 0.2) is 0 Å². The lowest BCUT2D eigenvalue weighted by atomic mass is 9.82. The number of para-hydroxylation sites is 1. The molecule has 1 saturated heterocycles. The molecule has 0 spiro atoms. The fourth-order valence-electron chi connectivity index (χ4n) is 4.82.